The fourth-order valence-electron chi connectivity index (χ4n) is 1.88. The zero-order valence-corrected chi connectivity index (χ0v) is 9.40. The van der Waals surface area contributed by atoms with E-state index in [1.54, 1.807) is 0 Å². The number of rotatable bonds is 4. The van der Waals surface area contributed by atoms with Gasteiger partial charge in [-0.25, -0.2) is 4.79 Å². The molecule has 0 radical (unpaired) electrons. The van der Waals surface area contributed by atoms with Gasteiger partial charge < -0.3 is 10.0 Å². The molecule has 0 spiro atoms. The lowest BCUT2D eigenvalue weighted by Gasteiger charge is -2.22. The van der Waals surface area contributed by atoms with Crippen molar-refractivity contribution in [1.29, 1.82) is 0 Å². The molecule has 1 aliphatic heterocycles. The summed E-state index contributed by atoms with van der Waals surface area (Å²) >= 11 is 0. The highest BCUT2D eigenvalue weighted by Crippen LogP contribution is 2.20. The number of hydrogen-bond donors (Lipinski definition) is 1. The highest BCUT2D eigenvalue weighted by molar-refractivity contribution is 5.84. The molecule has 0 aromatic heterocycles. The van der Waals surface area contributed by atoms with Gasteiger partial charge in [-0.2, -0.15) is 0 Å². The lowest BCUT2D eigenvalue weighted by molar-refractivity contribution is -0.148. The van der Waals surface area contributed by atoms with E-state index in [9.17, 15) is 9.59 Å². The Balaban J connectivity index is 2.55. The molecular weight excluding hydrogens is 194 g/mol. The van der Waals surface area contributed by atoms with Crippen LogP contribution in [-0.4, -0.2) is 34.5 Å². The van der Waals surface area contributed by atoms with Crippen LogP contribution in [-0.2, 0) is 9.59 Å². The van der Waals surface area contributed by atoms with Crippen LogP contribution in [0, 0.1) is 5.92 Å². The number of aliphatic carboxylic acids is 1. The van der Waals surface area contributed by atoms with Gasteiger partial charge in [-0.05, 0) is 18.8 Å². The maximum atomic E-state index is 11.8. The fraction of sp³-hybridized carbons (Fsp3) is 0.818. The van der Waals surface area contributed by atoms with E-state index in [4.69, 9.17) is 5.11 Å². The number of likely N-dealkylation sites (tertiary alicyclic amines) is 1. The number of nitrogens with zero attached hydrogens (tertiary/aromatic N) is 1. The molecule has 0 bridgehead atoms. The molecule has 4 heteroatoms. The van der Waals surface area contributed by atoms with Crippen molar-refractivity contribution in [2.24, 2.45) is 5.92 Å². The zero-order chi connectivity index (χ0) is 11.4. The molecular formula is C11H19NO3. The standard InChI is InChI=1S/C11H19NO3/c1-3-8(2)7-10(13)12-6-4-5-9(12)11(14)15/h8-9H,3-7H2,1-2H3,(H,14,15). The molecule has 2 atom stereocenters. The highest BCUT2D eigenvalue weighted by atomic mass is 16.4. The van der Waals surface area contributed by atoms with Gasteiger partial charge >= 0.3 is 5.97 Å². The summed E-state index contributed by atoms with van der Waals surface area (Å²) in [4.78, 5) is 24.2. The lowest BCUT2D eigenvalue weighted by atomic mass is 10.0. The predicted octanol–water partition coefficient (Wildman–Crippen LogP) is 1.50. The number of carbonyl (C=O) groups excluding carboxylic acids is 1. The Kier molecular flexibility index (Phi) is 4.12. The van der Waals surface area contributed by atoms with E-state index >= 15 is 0 Å². The second-order valence-electron chi connectivity index (χ2n) is 4.30. The molecule has 2 unspecified atom stereocenters. The lowest BCUT2D eigenvalue weighted by Crippen LogP contribution is -2.40. The Bertz CT molecular complexity index is 252. The van der Waals surface area contributed by atoms with E-state index in [-0.39, 0.29) is 5.91 Å². The van der Waals surface area contributed by atoms with Crippen LogP contribution in [0.25, 0.3) is 0 Å². The van der Waals surface area contributed by atoms with E-state index in [0.29, 0.717) is 25.3 Å². The minimum Gasteiger partial charge on any atom is -0.480 e. The molecule has 1 fully saturated rings. The summed E-state index contributed by atoms with van der Waals surface area (Å²) in [5.74, 6) is -0.535. The molecule has 0 saturated carbocycles. The number of hydrogen-bond acceptors (Lipinski definition) is 2. The molecule has 0 aliphatic carbocycles. The largest absolute Gasteiger partial charge is 0.480 e. The van der Waals surface area contributed by atoms with Gasteiger partial charge in [-0.15, -0.1) is 0 Å². The SMILES string of the molecule is CCC(C)CC(=O)N1CCCC1C(=O)O. The molecule has 1 amide bonds. The zero-order valence-electron chi connectivity index (χ0n) is 9.40. The van der Waals surface area contributed by atoms with Gasteiger partial charge in [0.15, 0.2) is 0 Å². The summed E-state index contributed by atoms with van der Waals surface area (Å²) in [6.07, 6.45) is 2.84. The molecule has 0 aromatic rings. The Morgan fingerprint density at radius 2 is 2.20 bits per heavy atom. The molecule has 86 valence electrons. The molecule has 1 rings (SSSR count). The third kappa shape index (κ3) is 2.94. The van der Waals surface area contributed by atoms with Crippen molar-refractivity contribution in [3.63, 3.8) is 0 Å². The van der Waals surface area contributed by atoms with Crippen molar-refractivity contribution < 1.29 is 14.7 Å². The average Bonchev–Trinajstić information content (AvgIpc) is 2.65. The summed E-state index contributed by atoms with van der Waals surface area (Å²) in [5, 5.41) is 8.93. The van der Waals surface area contributed by atoms with Gasteiger partial charge in [0.2, 0.25) is 5.91 Å². The van der Waals surface area contributed by atoms with Crippen LogP contribution in [0.1, 0.15) is 39.5 Å². The van der Waals surface area contributed by atoms with Gasteiger partial charge in [0.1, 0.15) is 6.04 Å². The van der Waals surface area contributed by atoms with Crippen LogP contribution in [0.15, 0.2) is 0 Å². The smallest absolute Gasteiger partial charge is 0.326 e. The highest BCUT2D eigenvalue weighted by Gasteiger charge is 2.33. The Hall–Kier alpha value is -1.06. The summed E-state index contributed by atoms with van der Waals surface area (Å²) in [6.45, 7) is 4.66. The van der Waals surface area contributed by atoms with Crippen molar-refractivity contribution in [3.05, 3.63) is 0 Å². The summed E-state index contributed by atoms with van der Waals surface area (Å²) in [7, 11) is 0. The molecule has 1 N–H and O–H groups in total. The molecule has 1 heterocycles. The van der Waals surface area contributed by atoms with Gasteiger partial charge in [0.25, 0.3) is 0 Å². The minimum atomic E-state index is -0.870. The van der Waals surface area contributed by atoms with Crippen LogP contribution >= 0.6 is 0 Å². The van der Waals surface area contributed by atoms with Gasteiger partial charge in [0.05, 0.1) is 0 Å². The van der Waals surface area contributed by atoms with Crippen molar-refractivity contribution in [2.45, 2.75) is 45.6 Å². The normalized spacial score (nSPS) is 22.8. The molecule has 15 heavy (non-hydrogen) atoms. The van der Waals surface area contributed by atoms with Crippen LogP contribution in [0.3, 0.4) is 0 Å². The van der Waals surface area contributed by atoms with Crippen molar-refractivity contribution >= 4 is 11.9 Å². The minimum absolute atomic E-state index is 0.00532. The van der Waals surface area contributed by atoms with E-state index in [2.05, 4.69) is 0 Å². The van der Waals surface area contributed by atoms with Crippen LogP contribution in [0.2, 0.25) is 0 Å². The fourth-order valence-corrected chi connectivity index (χ4v) is 1.88. The number of carboxylic acid groups (broad SMARTS) is 1. The average molecular weight is 213 g/mol. The van der Waals surface area contributed by atoms with Crippen molar-refractivity contribution in [2.75, 3.05) is 6.54 Å². The monoisotopic (exact) mass is 213 g/mol. The van der Waals surface area contributed by atoms with Crippen LogP contribution in [0.5, 0.6) is 0 Å². The maximum absolute atomic E-state index is 11.8. The van der Waals surface area contributed by atoms with E-state index in [1.807, 2.05) is 13.8 Å². The Labute approximate surface area is 90.3 Å². The first kappa shape index (κ1) is 12.0. The third-order valence-electron chi connectivity index (χ3n) is 3.08. The first-order valence-electron chi connectivity index (χ1n) is 5.58. The van der Waals surface area contributed by atoms with Gasteiger partial charge in [-0.1, -0.05) is 20.3 Å². The first-order valence-corrected chi connectivity index (χ1v) is 5.58. The Morgan fingerprint density at radius 1 is 1.53 bits per heavy atom. The molecule has 4 nitrogen and oxygen atoms in total. The van der Waals surface area contributed by atoms with Crippen LogP contribution < -0.4 is 0 Å². The summed E-state index contributed by atoms with van der Waals surface area (Å²) in [6, 6.07) is -0.582. The summed E-state index contributed by atoms with van der Waals surface area (Å²) < 4.78 is 0. The topological polar surface area (TPSA) is 57.6 Å². The number of amides is 1. The van der Waals surface area contributed by atoms with E-state index in [1.165, 1.54) is 4.90 Å². The summed E-state index contributed by atoms with van der Waals surface area (Å²) in [5.41, 5.74) is 0. The second-order valence-corrected chi connectivity index (χ2v) is 4.30. The van der Waals surface area contributed by atoms with Crippen molar-refractivity contribution in [1.82, 2.24) is 4.90 Å². The number of carboxylic acids is 1. The molecule has 1 saturated heterocycles. The predicted molar refractivity (Wildman–Crippen MR) is 56.4 cm³/mol. The van der Waals surface area contributed by atoms with Crippen molar-refractivity contribution in [3.8, 4) is 0 Å². The third-order valence-corrected chi connectivity index (χ3v) is 3.08. The second kappa shape index (κ2) is 5.14. The number of carbonyl (C=O) groups is 2. The maximum Gasteiger partial charge on any atom is 0.326 e. The Morgan fingerprint density at radius 3 is 2.73 bits per heavy atom. The van der Waals surface area contributed by atoms with E-state index in [0.717, 1.165) is 12.8 Å². The van der Waals surface area contributed by atoms with Crippen LogP contribution in [0.4, 0.5) is 0 Å². The quantitative estimate of drug-likeness (QED) is 0.769. The van der Waals surface area contributed by atoms with Gasteiger partial charge in [-0.3, -0.25) is 4.79 Å². The van der Waals surface area contributed by atoms with Gasteiger partial charge in [0, 0.05) is 13.0 Å². The molecule has 0 aromatic carbocycles. The van der Waals surface area contributed by atoms with E-state index < -0.39 is 12.0 Å². The molecule has 1 aliphatic rings. The first-order chi connectivity index (χ1) is 7.06.